The van der Waals surface area contributed by atoms with E-state index < -0.39 is 0 Å². The first-order valence-electron chi connectivity index (χ1n) is 7.83. The SMILES string of the molecule is N#CCn1cc(C=NNC(=O)COc2ccccc2I)c2ccccc21. The van der Waals surface area contributed by atoms with Crippen LogP contribution in [0.2, 0.25) is 0 Å². The second-order valence-electron chi connectivity index (χ2n) is 5.40. The van der Waals surface area contributed by atoms with Crippen molar-refractivity contribution in [1.29, 1.82) is 5.26 Å². The smallest absolute Gasteiger partial charge is 0.277 e. The molecule has 0 atom stereocenters. The number of nitrogens with zero attached hydrogens (tertiary/aromatic N) is 3. The van der Waals surface area contributed by atoms with Crippen LogP contribution in [0.3, 0.4) is 0 Å². The number of amides is 1. The van der Waals surface area contributed by atoms with Crippen LogP contribution in [0.1, 0.15) is 5.56 Å². The Labute approximate surface area is 164 Å². The van der Waals surface area contributed by atoms with E-state index in [2.05, 4.69) is 39.2 Å². The summed E-state index contributed by atoms with van der Waals surface area (Å²) in [6.45, 7) is 0.137. The van der Waals surface area contributed by atoms with Crippen LogP contribution in [0, 0.1) is 14.9 Å². The van der Waals surface area contributed by atoms with Crippen molar-refractivity contribution in [3.05, 3.63) is 63.9 Å². The number of nitrogens with one attached hydrogen (secondary N) is 1. The molecule has 1 heterocycles. The van der Waals surface area contributed by atoms with Gasteiger partial charge in [-0.05, 0) is 40.8 Å². The van der Waals surface area contributed by atoms with Gasteiger partial charge in [-0.15, -0.1) is 0 Å². The summed E-state index contributed by atoms with van der Waals surface area (Å²) in [5, 5.41) is 13.9. The molecule has 0 radical (unpaired) electrons. The predicted octanol–water partition coefficient (Wildman–Crippen LogP) is 3.30. The minimum absolute atomic E-state index is 0.118. The Morgan fingerprint density at radius 2 is 2.04 bits per heavy atom. The fraction of sp³-hybridized carbons (Fsp3) is 0.105. The lowest BCUT2D eigenvalue weighted by atomic mass is 10.2. The molecule has 3 rings (SSSR count). The van der Waals surface area contributed by atoms with Crippen LogP contribution in [-0.4, -0.2) is 23.3 Å². The lowest BCUT2D eigenvalue weighted by Gasteiger charge is -2.06. The Hall–Kier alpha value is -2.86. The lowest BCUT2D eigenvalue weighted by molar-refractivity contribution is -0.123. The molecular formula is C19H15IN4O2. The van der Waals surface area contributed by atoms with Crippen molar-refractivity contribution < 1.29 is 9.53 Å². The van der Waals surface area contributed by atoms with Gasteiger partial charge in [0.15, 0.2) is 6.61 Å². The Kier molecular flexibility index (Phi) is 5.86. The Morgan fingerprint density at radius 1 is 1.27 bits per heavy atom. The van der Waals surface area contributed by atoms with Crippen LogP contribution in [0.25, 0.3) is 10.9 Å². The molecular weight excluding hydrogens is 443 g/mol. The molecule has 0 saturated carbocycles. The molecule has 0 aliphatic carbocycles. The maximum Gasteiger partial charge on any atom is 0.277 e. The zero-order valence-corrected chi connectivity index (χ0v) is 15.9. The highest BCUT2D eigenvalue weighted by Gasteiger charge is 2.07. The van der Waals surface area contributed by atoms with Crippen molar-refractivity contribution in [2.75, 3.05) is 6.61 Å². The van der Waals surface area contributed by atoms with Gasteiger partial charge in [0.25, 0.3) is 5.91 Å². The van der Waals surface area contributed by atoms with E-state index in [9.17, 15) is 4.79 Å². The molecule has 7 heteroatoms. The first-order chi connectivity index (χ1) is 12.7. The summed E-state index contributed by atoms with van der Waals surface area (Å²) in [6.07, 6.45) is 3.41. The standard InChI is InChI=1S/C19H15IN4O2/c20-16-6-2-4-8-18(16)26-13-19(25)23-22-11-14-12-24(10-9-21)17-7-3-1-5-15(14)17/h1-8,11-12H,10,13H2,(H,23,25). The fourth-order valence-electron chi connectivity index (χ4n) is 2.50. The van der Waals surface area contributed by atoms with Gasteiger partial charge in [-0.1, -0.05) is 30.3 Å². The van der Waals surface area contributed by atoms with Crippen molar-refractivity contribution >= 4 is 45.6 Å². The van der Waals surface area contributed by atoms with Gasteiger partial charge in [-0.3, -0.25) is 4.79 Å². The highest BCUT2D eigenvalue weighted by Crippen LogP contribution is 2.20. The Bertz CT molecular complexity index is 1000. The van der Waals surface area contributed by atoms with Gasteiger partial charge >= 0.3 is 0 Å². The molecule has 26 heavy (non-hydrogen) atoms. The lowest BCUT2D eigenvalue weighted by Crippen LogP contribution is -2.24. The summed E-state index contributed by atoms with van der Waals surface area (Å²) in [5.41, 5.74) is 4.23. The van der Waals surface area contributed by atoms with Crippen LogP contribution in [0.5, 0.6) is 5.75 Å². The number of rotatable bonds is 6. The third kappa shape index (κ3) is 4.21. The number of ether oxygens (including phenoxy) is 1. The molecule has 6 nitrogen and oxygen atoms in total. The van der Waals surface area contributed by atoms with Crippen LogP contribution in [0.15, 0.2) is 59.8 Å². The molecule has 1 N–H and O–H groups in total. The maximum atomic E-state index is 11.9. The van der Waals surface area contributed by atoms with Crippen molar-refractivity contribution in [3.8, 4) is 11.8 Å². The Morgan fingerprint density at radius 3 is 2.85 bits per heavy atom. The summed E-state index contributed by atoms with van der Waals surface area (Å²) in [5.74, 6) is 0.313. The number of halogens is 1. The zero-order valence-electron chi connectivity index (χ0n) is 13.7. The van der Waals surface area contributed by atoms with Gasteiger partial charge in [0.1, 0.15) is 12.3 Å². The van der Waals surface area contributed by atoms with Gasteiger partial charge in [-0.25, -0.2) is 5.43 Å². The van der Waals surface area contributed by atoms with Gasteiger partial charge in [0.05, 0.1) is 15.9 Å². The molecule has 0 spiro atoms. The van der Waals surface area contributed by atoms with E-state index in [0.717, 1.165) is 20.0 Å². The van der Waals surface area contributed by atoms with E-state index in [1.165, 1.54) is 0 Å². The summed E-state index contributed by atoms with van der Waals surface area (Å²) in [6, 6.07) is 17.3. The highest BCUT2D eigenvalue weighted by atomic mass is 127. The number of nitriles is 1. The van der Waals surface area contributed by atoms with Gasteiger partial charge in [0, 0.05) is 22.7 Å². The Balaban J connectivity index is 1.63. The second-order valence-corrected chi connectivity index (χ2v) is 6.56. The van der Waals surface area contributed by atoms with E-state index in [1.807, 2.05) is 59.3 Å². The van der Waals surface area contributed by atoms with Crippen molar-refractivity contribution in [2.45, 2.75) is 6.54 Å². The first kappa shape index (κ1) is 17.9. The normalized spacial score (nSPS) is 10.8. The number of carbonyl (C=O) groups excluding carboxylic acids is 1. The van der Waals surface area contributed by atoms with Crippen molar-refractivity contribution in [3.63, 3.8) is 0 Å². The maximum absolute atomic E-state index is 11.9. The van der Waals surface area contributed by atoms with Crippen molar-refractivity contribution in [2.24, 2.45) is 5.10 Å². The topological polar surface area (TPSA) is 79.4 Å². The van der Waals surface area contributed by atoms with Crippen LogP contribution < -0.4 is 10.2 Å². The third-order valence-electron chi connectivity index (χ3n) is 3.65. The molecule has 1 aromatic heterocycles. The number of carbonyl (C=O) groups is 1. The van der Waals surface area contributed by atoms with Gasteiger partial charge in [0.2, 0.25) is 0 Å². The summed E-state index contributed by atoms with van der Waals surface area (Å²) < 4.78 is 8.26. The minimum Gasteiger partial charge on any atom is -0.483 e. The van der Waals surface area contributed by atoms with E-state index in [4.69, 9.17) is 10.00 Å². The minimum atomic E-state index is -0.346. The van der Waals surface area contributed by atoms with E-state index in [0.29, 0.717) is 5.75 Å². The molecule has 0 saturated heterocycles. The molecule has 1 amide bonds. The number of fused-ring (bicyclic) bond motifs is 1. The van der Waals surface area contributed by atoms with E-state index >= 15 is 0 Å². The molecule has 0 aliphatic heterocycles. The molecule has 3 aromatic rings. The van der Waals surface area contributed by atoms with Crippen LogP contribution in [0.4, 0.5) is 0 Å². The largest absolute Gasteiger partial charge is 0.483 e. The number of hydrogen-bond donors (Lipinski definition) is 1. The van der Waals surface area contributed by atoms with Gasteiger partial charge in [-0.2, -0.15) is 10.4 Å². The fourth-order valence-corrected chi connectivity index (χ4v) is 3.04. The monoisotopic (exact) mass is 458 g/mol. The zero-order chi connectivity index (χ0) is 18.4. The summed E-state index contributed by atoms with van der Waals surface area (Å²) in [7, 11) is 0. The predicted molar refractivity (Wildman–Crippen MR) is 108 cm³/mol. The number of hydrogen-bond acceptors (Lipinski definition) is 4. The van der Waals surface area contributed by atoms with Crippen LogP contribution in [-0.2, 0) is 11.3 Å². The summed E-state index contributed by atoms with van der Waals surface area (Å²) >= 11 is 2.15. The molecule has 0 unspecified atom stereocenters. The third-order valence-corrected chi connectivity index (χ3v) is 4.54. The summed E-state index contributed by atoms with van der Waals surface area (Å²) in [4.78, 5) is 11.9. The molecule has 0 fully saturated rings. The van der Waals surface area contributed by atoms with E-state index in [-0.39, 0.29) is 19.1 Å². The number of para-hydroxylation sites is 2. The molecule has 0 aliphatic rings. The number of benzene rings is 2. The number of hydrazone groups is 1. The average molecular weight is 458 g/mol. The average Bonchev–Trinajstić information content (AvgIpc) is 2.99. The highest BCUT2D eigenvalue weighted by molar-refractivity contribution is 14.1. The quantitative estimate of drug-likeness (QED) is 0.350. The van der Waals surface area contributed by atoms with Crippen LogP contribution >= 0.6 is 22.6 Å². The number of aromatic nitrogens is 1. The first-order valence-corrected chi connectivity index (χ1v) is 8.91. The van der Waals surface area contributed by atoms with Gasteiger partial charge < -0.3 is 9.30 Å². The molecule has 2 aromatic carbocycles. The van der Waals surface area contributed by atoms with E-state index in [1.54, 1.807) is 6.21 Å². The van der Waals surface area contributed by atoms with Crippen molar-refractivity contribution in [1.82, 2.24) is 9.99 Å². The molecule has 0 bridgehead atoms. The second kappa shape index (κ2) is 8.49. The molecule has 130 valence electrons.